The molecule has 1 amide bonds. The molecule has 0 aliphatic heterocycles. The number of ether oxygens (including phenoxy) is 1. The second kappa shape index (κ2) is 7.06. The molecule has 0 unspecified atom stereocenters. The van der Waals surface area contributed by atoms with Gasteiger partial charge in [-0.05, 0) is 24.3 Å². The van der Waals surface area contributed by atoms with Crippen molar-refractivity contribution in [1.82, 2.24) is 5.32 Å². The Kier molecular flexibility index (Phi) is 4.89. The van der Waals surface area contributed by atoms with Gasteiger partial charge < -0.3 is 10.1 Å². The Morgan fingerprint density at radius 2 is 2.00 bits per heavy atom. The number of para-hydroxylation sites is 1. The van der Waals surface area contributed by atoms with E-state index < -0.39 is 5.82 Å². The molecule has 0 saturated heterocycles. The van der Waals surface area contributed by atoms with Crippen molar-refractivity contribution < 1.29 is 13.9 Å². The molecule has 0 fully saturated rings. The summed E-state index contributed by atoms with van der Waals surface area (Å²) in [7, 11) is 0. The first-order valence-electron chi connectivity index (χ1n) is 6.32. The fourth-order valence-electron chi connectivity index (χ4n) is 1.67. The van der Waals surface area contributed by atoms with Gasteiger partial charge in [-0.3, -0.25) is 4.79 Å². The fraction of sp³-hybridized carbons (Fsp3) is 0.125. The molecular formula is C16H13FN2O2. The highest BCUT2D eigenvalue weighted by atomic mass is 19.1. The van der Waals surface area contributed by atoms with Gasteiger partial charge >= 0.3 is 0 Å². The number of amides is 1. The molecule has 0 aliphatic carbocycles. The normalized spacial score (nSPS) is 9.71. The summed E-state index contributed by atoms with van der Waals surface area (Å²) in [6.45, 7) is -0.0869. The third-order valence-corrected chi connectivity index (χ3v) is 2.77. The van der Waals surface area contributed by atoms with Crippen LogP contribution >= 0.6 is 0 Å². The molecule has 0 atom stereocenters. The Bertz CT molecular complexity index is 666. The smallest absolute Gasteiger partial charge is 0.258 e. The van der Waals surface area contributed by atoms with Crippen molar-refractivity contribution >= 4 is 5.91 Å². The number of nitriles is 1. The van der Waals surface area contributed by atoms with Crippen molar-refractivity contribution in [2.24, 2.45) is 0 Å². The number of benzene rings is 2. The molecule has 1 N–H and O–H groups in total. The van der Waals surface area contributed by atoms with Gasteiger partial charge in [0.15, 0.2) is 6.61 Å². The molecule has 21 heavy (non-hydrogen) atoms. The molecule has 0 spiro atoms. The van der Waals surface area contributed by atoms with Crippen LogP contribution in [0.2, 0.25) is 0 Å². The van der Waals surface area contributed by atoms with Crippen LogP contribution in [-0.2, 0) is 11.3 Å². The zero-order valence-electron chi connectivity index (χ0n) is 11.2. The average molecular weight is 284 g/mol. The van der Waals surface area contributed by atoms with Gasteiger partial charge in [-0.1, -0.05) is 24.3 Å². The number of nitrogens with one attached hydrogen (secondary N) is 1. The lowest BCUT2D eigenvalue weighted by Crippen LogP contribution is -2.28. The Balaban J connectivity index is 1.83. The number of rotatable bonds is 5. The fourth-order valence-corrected chi connectivity index (χ4v) is 1.67. The maximum atomic E-state index is 13.6. The summed E-state index contributed by atoms with van der Waals surface area (Å²) < 4.78 is 18.9. The summed E-state index contributed by atoms with van der Waals surface area (Å²) in [5, 5.41) is 11.2. The van der Waals surface area contributed by atoms with E-state index in [9.17, 15) is 9.18 Å². The first kappa shape index (κ1) is 14.5. The summed E-state index contributed by atoms with van der Waals surface area (Å²) in [6.07, 6.45) is 0. The summed E-state index contributed by atoms with van der Waals surface area (Å²) in [6, 6.07) is 14.9. The summed E-state index contributed by atoms with van der Waals surface area (Å²) in [5.41, 5.74) is 0.567. The van der Waals surface area contributed by atoms with Crippen LogP contribution in [0.5, 0.6) is 5.75 Å². The molecule has 106 valence electrons. The van der Waals surface area contributed by atoms with Gasteiger partial charge in [-0.15, -0.1) is 0 Å². The van der Waals surface area contributed by atoms with Gasteiger partial charge in [-0.25, -0.2) is 4.39 Å². The van der Waals surface area contributed by atoms with Crippen LogP contribution in [0.25, 0.3) is 0 Å². The second-order valence-electron chi connectivity index (χ2n) is 4.30. The minimum Gasteiger partial charge on any atom is -0.484 e. The topological polar surface area (TPSA) is 62.1 Å². The average Bonchev–Trinajstić information content (AvgIpc) is 2.52. The predicted octanol–water partition coefficient (Wildman–Crippen LogP) is 2.39. The summed E-state index contributed by atoms with van der Waals surface area (Å²) in [4.78, 5) is 11.6. The molecule has 2 rings (SSSR count). The Morgan fingerprint density at radius 1 is 1.24 bits per heavy atom. The number of halogens is 1. The zero-order chi connectivity index (χ0) is 15.1. The molecule has 4 nitrogen and oxygen atoms in total. The Morgan fingerprint density at radius 3 is 2.67 bits per heavy atom. The molecule has 2 aromatic carbocycles. The van der Waals surface area contributed by atoms with Gasteiger partial charge in [0, 0.05) is 12.1 Å². The van der Waals surface area contributed by atoms with E-state index in [0.29, 0.717) is 11.3 Å². The number of nitrogens with zero attached hydrogens (tertiary/aromatic N) is 1. The van der Waals surface area contributed by atoms with Crippen molar-refractivity contribution in [2.45, 2.75) is 6.54 Å². The zero-order valence-corrected chi connectivity index (χ0v) is 11.2. The third kappa shape index (κ3) is 4.32. The van der Waals surface area contributed by atoms with Crippen molar-refractivity contribution in [3.05, 3.63) is 65.5 Å². The van der Waals surface area contributed by atoms with E-state index in [1.165, 1.54) is 12.1 Å². The van der Waals surface area contributed by atoms with E-state index in [1.54, 1.807) is 24.3 Å². The molecule has 0 radical (unpaired) electrons. The Hall–Kier alpha value is -2.87. The molecule has 5 heteroatoms. The van der Waals surface area contributed by atoms with E-state index in [-0.39, 0.29) is 24.6 Å². The molecule has 0 aliphatic rings. The highest BCUT2D eigenvalue weighted by Gasteiger charge is 2.06. The van der Waals surface area contributed by atoms with Gasteiger partial charge in [0.1, 0.15) is 11.6 Å². The van der Waals surface area contributed by atoms with E-state index in [1.807, 2.05) is 12.1 Å². The number of carbonyl (C=O) groups excluding carboxylic acids is 1. The maximum Gasteiger partial charge on any atom is 0.258 e. The summed E-state index contributed by atoms with van der Waals surface area (Å²) in [5.74, 6) is -0.266. The minimum absolute atomic E-state index is 0.0501. The van der Waals surface area contributed by atoms with E-state index >= 15 is 0 Å². The van der Waals surface area contributed by atoms with Crippen LogP contribution in [0, 0.1) is 17.1 Å². The lowest BCUT2D eigenvalue weighted by Gasteiger charge is -2.08. The van der Waals surface area contributed by atoms with Gasteiger partial charge in [0.2, 0.25) is 0 Å². The monoisotopic (exact) mass is 284 g/mol. The first-order chi connectivity index (χ1) is 10.2. The quantitative estimate of drug-likeness (QED) is 0.917. The van der Waals surface area contributed by atoms with Crippen molar-refractivity contribution in [3.8, 4) is 11.8 Å². The Labute approximate surface area is 121 Å². The highest BCUT2D eigenvalue weighted by molar-refractivity contribution is 5.77. The van der Waals surface area contributed by atoms with Gasteiger partial charge in [0.05, 0.1) is 11.6 Å². The van der Waals surface area contributed by atoms with Crippen LogP contribution in [0.15, 0.2) is 48.5 Å². The third-order valence-electron chi connectivity index (χ3n) is 2.77. The second-order valence-corrected chi connectivity index (χ2v) is 4.30. The molecule has 2 aromatic rings. The lowest BCUT2D eigenvalue weighted by molar-refractivity contribution is -0.123. The first-order valence-corrected chi connectivity index (χ1v) is 6.32. The predicted molar refractivity (Wildman–Crippen MR) is 74.9 cm³/mol. The number of carbonyl (C=O) groups is 1. The SMILES string of the molecule is N#Cc1ccc(CNC(=O)COc2ccccc2)c(F)c1. The molecule has 0 bridgehead atoms. The van der Waals surface area contributed by atoms with Crippen LogP contribution in [0.3, 0.4) is 0 Å². The van der Waals surface area contributed by atoms with E-state index in [2.05, 4.69) is 5.32 Å². The highest BCUT2D eigenvalue weighted by Crippen LogP contribution is 2.10. The van der Waals surface area contributed by atoms with E-state index in [0.717, 1.165) is 6.07 Å². The van der Waals surface area contributed by atoms with Crippen molar-refractivity contribution in [1.29, 1.82) is 5.26 Å². The molecule has 0 aromatic heterocycles. The van der Waals surface area contributed by atoms with E-state index in [4.69, 9.17) is 10.00 Å². The van der Waals surface area contributed by atoms with Crippen LogP contribution in [-0.4, -0.2) is 12.5 Å². The van der Waals surface area contributed by atoms with Crippen molar-refractivity contribution in [2.75, 3.05) is 6.61 Å². The van der Waals surface area contributed by atoms with Gasteiger partial charge in [0.25, 0.3) is 5.91 Å². The van der Waals surface area contributed by atoms with Crippen LogP contribution in [0.4, 0.5) is 4.39 Å². The van der Waals surface area contributed by atoms with Crippen molar-refractivity contribution in [3.63, 3.8) is 0 Å². The standard InChI is InChI=1S/C16H13FN2O2/c17-15-8-12(9-18)6-7-13(15)10-19-16(20)11-21-14-4-2-1-3-5-14/h1-8H,10-11H2,(H,19,20). The minimum atomic E-state index is -0.515. The van der Waals surface area contributed by atoms with Crippen LogP contribution in [0.1, 0.15) is 11.1 Å². The molecule has 0 heterocycles. The largest absolute Gasteiger partial charge is 0.484 e. The number of hydrogen-bond acceptors (Lipinski definition) is 3. The maximum absolute atomic E-state index is 13.6. The molecule has 0 saturated carbocycles. The molecular weight excluding hydrogens is 271 g/mol. The summed E-state index contributed by atoms with van der Waals surface area (Å²) >= 11 is 0. The van der Waals surface area contributed by atoms with Gasteiger partial charge in [-0.2, -0.15) is 5.26 Å². The lowest BCUT2D eigenvalue weighted by atomic mass is 10.1. The number of hydrogen-bond donors (Lipinski definition) is 1. The van der Waals surface area contributed by atoms with Crippen LogP contribution < -0.4 is 10.1 Å².